The molecule has 0 aliphatic rings. The Bertz CT molecular complexity index is 864. The smallest absolute Gasteiger partial charge is 0.338 e. The van der Waals surface area contributed by atoms with E-state index < -0.39 is 5.97 Å². The predicted molar refractivity (Wildman–Crippen MR) is 87.6 cm³/mol. The fraction of sp³-hybridized carbons (Fsp3) is 0.105. The fourth-order valence-corrected chi connectivity index (χ4v) is 2.42. The molecular weight excluding hydrogens is 290 g/mol. The highest BCUT2D eigenvalue weighted by molar-refractivity contribution is 6.15. The summed E-state index contributed by atoms with van der Waals surface area (Å²) >= 11 is 0. The number of esters is 1. The SMILES string of the molecule is CCOC(=O)c1ccc(C(=O)c2cccc3cccnc23)cc1. The molecule has 0 spiro atoms. The van der Waals surface area contributed by atoms with Gasteiger partial charge < -0.3 is 4.74 Å². The molecular formula is C19H15NO3. The Balaban J connectivity index is 1.95. The molecule has 0 amide bonds. The average molecular weight is 305 g/mol. The quantitative estimate of drug-likeness (QED) is 0.545. The summed E-state index contributed by atoms with van der Waals surface area (Å²) in [5.41, 5.74) is 2.16. The van der Waals surface area contributed by atoms with Crippen LogP contribution in [0.2, 0.25) is 0 Å². The molecule has 3 aromatic rings. The van der Waals surface area contributed by atoms with E-state index >= 15 is 0 Å². The molecule has 0 aliphatic heterocycles. The Kier molecular flexibility index (Phi) is 4.15. The van der Waals surface area contributed by atoms with Crippen LogP contribution in [0.25, 0.3) is 10.9 Å². The monoisotopic (exact) mass is 305 g/mol. The highest BCUT2D eigenvalue weighted by atomic mass is 16.5. The van der Waals surface area contributed by atoms with Crippen LogP contribution in [0, 0.1) is 0 Å². The molecule has 4 heteroatoms. The number of benzene rings is 2. The second-order valence-corrected chi connectivity index (χ2v) is 5.01. The van der Waals surface area contributed by atoms with Gasteiger partial charge in [0, 0.05) is 22.7 Å². The molecule has 0 aliphatic carbocycles. The van der Waals surface area contributed by atoms with Gasteiger partial charge in [-0.05, 0) is 31.2 Å². The van der Waals surface area contributed by atoms with Crippen LogP contribution in [0.4, 0.5) is 0 Å². The number of para-hydroxylation sites is 1. The zero-order valence-electron chi connectivity index (χ0n) is 12.7. The van der Waals surface area contributed by atoms with Gasteiger partial charge in [0.25, 0.3) is 0 Å². The van der Waals surface area contributed by atoms with Gasteiger partial charge in [0.15, 0.2) is 5.78 Å². The van der Waals surface area contributed by atoms with Gasteiger partial charge in [-0.15, -0.1) is 0 Å². The minimum absolute atomic E-state index is 0.121. The lowest BCUT2D eigenvalue weighted by Crippen LogP contribution is -2.06. The molecule has 0 radical (unpaired) electrons. The number of ether oxygens (including phenoxy) is 1. The third-order valence-electron chi connectivity index (χ3n) is 3.54. The first-order chi connectivity index (χ1) is 11.2. The summed E-state index contributed by atoms with van der Waals surface area (Å²) in [7, 11) is 0. The minimum Gasteiger partial charge on any atom is -0.462 e. The number of carbonyl (C=O) groups is 2. The molecule has 4 nitrogen and oxygen atoms in total. The van der Waals surface area contributed by atoms with E-state index in [0.29, 0.717) is 28.8 Å². The predicted octanol–water partition coefficient (Wildman–Crippen LogP) is 3.64. The summed E-state index contributed by atoms with van der Waals surface area (Å²) in [6.07, 6.45) is 1.67. The summed E-state index contributed by atoms with van der Waals surface area (Å²) in [6.45, 7) is 2.07. The lowest BCUT2D eigenvalue weighted by molar-refractivity contribution is 0.0526. The normalized spacial score (nSPS) is 10.5. The third kappa shape index (κ3) is 2.97. The van der Waals surface area contributed by atoms with Gasteiger partial charge in [0.2, 0.25) is 0 Å². The third-order valence-corrected chi connectivity index (χ3v) is 3.54. The van der Waals surface area contributed by atoms with E-state index in [-0.39, 0.29) is 5.78 Å². The van der Waals surface area contributed by atoms with Gasteiger partial charge in [-0.25, -0.2) is 4.79 Å². The van der Waals surface area contributed by atoms with Gasteiger partial charge in [-0.3, -0.25) is 9.78 Å². The number of pyridine rings is 1. The number of nitrogens with zero attached hydrogens (tertiary/aromatic N) is 1. The fourth-order valence-electron chi connectivity index (χ4n) is 2.42. The molecule has 0 unspecified atom stereocenters. The maximum atomic E-state index is 12.7. The molecule has 0 atom stereocenters. The van der Waals surface area contributed by atoms with Crippen molar-refractivity contribution in [3.8, 4) is 0 Å². The zero-order chi connectivity index (χ0) is 16.2. The van der Waals surface area contributed by atoms with Crippen LogP contribution in [0.1, 0.15) is 33.2 Å². The van der Waals surface area contributed by atoms with Crippen LogP contribution < -0.4 is 0 Å². The molecule has 23 heavy (non-hydrogen) atoms. The first-order valence-corrected chi connectivity index (χ1v) is 7.36. The lowest BCUT2D eigenvalue weighted by Gasteiger charge is -2.06. The number of ketones is 1. The summed E-state index contributed by atoms with van der Waals surface area (Å²) in [5.74, 6) is -0.511. The molecule has 114 valence electrons. The van der Waals surface area contributed by atoms with Crippen LogP contribution in [0.3, 0.4) is 0 Å². The van der Waals surface area contributed by atoms with Crippen LogP contribution in [0.15, 0.2) is 60.8 Å². The van der Waals surface area contributed by atoms with Crippen LogP contribution in [-0.2, 0) is 4.74 Å². The Morgan fingerprint density at radius 2 is 1.65 bits per heavy atom. The van der Waals surface area contributed by atoms with E-state index in [1.165, 1.54) is 0 Å². The Hall–Kier alpha value is -3.01. The highest BCUT2D eigenvalue weighted by Gasteiger charge is 2.14. The van der Waals surface area contributed by atoms with Crippen molar-refractivity contribution in [3.63, 3.8) is 0 Å². The maximum Gasteiger partial charge on any atom is 0.338 e. The van der Waals surface area contributed by atoms with Crippen molar-refractivity contribution < 1.29 is 14.3 Å². The first-order valence-electron chi connectivity index (χ1n) is 7.36. The van der Waals surface area contributed by atoms with Crippen molar-refractivity contribution in [2.45, 2.75) is 6.92 Å². The molecule has 3 rings (SSSR count). The molecule has 2 aromatic carbocycles. The standard InChI is InChI=1S/C19H15NO3/c1-2-23-19(22)15-10-8-14(9-11-15)18(21)16-7-3-5-13-6-4-12-20-17(13)16/h3-12H,2H2,1H3. The topological polar surface area (TPSA) is 56.3 Å². The Morgan fingerprint density at radius 3 is 2.39 bits per heavy atom. The lowest BCUT2D eigenvalue weighted by atomic mass is 9.99. The zero-order valence-corrected chi connectivity index (χ0v) is 12.7. The van der Waals surface area contributed by atoms with E-state index in [9.17, 15) is 9.59 Å². The summed E-state index contributed by atoms with van der Waals surface area (Å²) < 4.78 is 4.94. The first kappa shape index (κ1) is 14.9. The van der Waals surface area contributed by atoms with E-state index in [4.69, 9.17) is 4.74 Å². The van der Waals surface area contributed by atoms with Crippen LogP contribution >= 0.6 is 0 Å². The van der Waals surface area contributed by atoms with Gasteiger partial charge in [0.1, 0.15) is 0 Å². The van der Waals surface area contributed by atoms with Gasteiger partial charge in [-0.2, -0.15) is 0 Å². The maximum absolute atomic E-state index is 12.7. The molecule has 0 fully saturated rings. The van der Waals surface area contributed by atoms with Crippen LogP contribution in [0.5, 0.6) is 0 Å². The summed E-state index contributed by atoms with van der Waals surface area (Å²) in [4.78, 5) is 28.7. The largest absolute Gasteiger partial charge is 0.462 e. The molecule has 0 saturated carbocycles. The van der Waals surface area contributed by atoms with Crippen molar-refractivity contribution in [3.05, 3.63) is 77.5 Å². The number of hydrogen-bond acceptors (Lipinski definition) is 4. The highest BCUT2D eigenvalue weighted by Crippen LogP contribution is 2.19. The molecule has 1 aromatic heterocycles. The number of hydrogen-bond donors (Lipinski definition) is 0. The van der Waals surface area contributed by atoms with E-state index in [0.717, 1.165) is 5.39 Å². The summed E-state index contributed by atoms with van der Waals surface area (Å²) in [6, 6.07) is 15.7. The number of rotatable bonds is 4. The van der Waals surface area contributed by atoms with Crippen molar-refractivity contribution >= 4 is 22.7 Å². The Morgan fingerprint density at radius 1 is 0.957 bits per heavy atom. The van der Waals surface area contributed by atoms with Gasteiger partial charge in [-0.1, -0.05) is 30.3 Å². The average Bonchev–Trinajstić information content (AvgIpc) is 2.61. The van der Waals surface area contributed by atoms with E-state index in [2.05, 4.69) is 4.98 Å². The van der Waals surface area contributed by atoms with Crippen molar-refractivity contribution in [2.75, 3.05) is 6.61 Å². The van der Waals surface area contributed by atoms with Gasteiger partial charge >= 0.3 is 5.97 Å². The van der Waals surface area contributed by atoms with Gasteiger partial charge in [0.05, 0.1) is 17.7 Å². The van der Waals surface area contributed by atoms with Crippen molar-refractivity contribution in [1.82, 2.24) is 4.98 Å². The second kappa shape index (κ2) is 6.40. The van der Waals surface area contributed by atoms with Crippen LogP contribution in [-0.4, -0.2) is 23.3 Å². The van der Waals surface area contributed by atoms with Crippen molar-refractivity contribution in [2.24, 2.45) is 0 Å². The van der Waals surface area contributed by atoms with E-state index in [1.54, 1.807) is 43.5 Å². The molecule has 0 bridgehead atoms. The number of fused-ring (bicyclic) bond motifs is 1. The number of carbonyl (C=O) groups excluding carboxylic acids is 2. The molecule has 1 heterocycles. The van der Waals surface area contributed by atoms with E-state index in [1.807, 2.05) is 24.3 Å². The Labute approximate surface area is 133 Å². The van der Waals surface area contributed by atoms with Crippen molar-refractivity contribution in [1.29, 1.82) is 0 Å². The second-order valence-electron chi connectivity index (χ2n) is 5.01. The minimum atomic E-state index is -0.390. The number of aromatic nitrogens is 1. The summed E-state index contributed by atoms with van der Waals surface area (Å²) in [5, 5.41) is 0.918. The molecule has 0 N–H and O–H groups in total. The molecule has 0 saturated heterocycles.